The van der Waals surface area contributed by atoms with Crippen LogP contribution in [0, 0.1) is 6.92 Å². The lowest BCUT2D eigenvalue weighted by atomic mass is 10.0. The van der Waals surface area contributed by atoms with E-state index in [0.717, 1.165) is 11.1 Å². The molecule has 35 heavy (non-hydrogen) atoms. The van der Waals surface area contributed by atoms with Crippen LogP contribution in [0.4, 0.5) is 5.69 Å². The second-order valence-corrected chi connectivity index (χ2v) is 9.83. The van der Waals surface area contributed by atoms with E-state index in [9.17, 15) is 4.21 Å². The number of aryl methyl sites for hydroxylation is 1. The quantitative estimate of drug-likeness (QED) is 0.262. The first-order chi connectivity index (χ1) is 16.9. The Labute approximate surface area is 216 Å². The summed E-state index contributed by atoms with van der Waals surface area (Å²) in [6.07, 6.45) is 0.484. The van der Waals surface area contributed by atoms with Gasteiger partial charge in [0.2, 0.25) is 5.89 Å². The fraction of sp³-hybridized carbons (Fsp3) is 0.200. The van der Waals surface area contributed by atoms with E-state index in [-0.39, 0.29) is 6.54 Å². The number of nitrogens with zero attached hydrogens (tertiary/aromatic N) is 3. The fourth-order valence-corrected chi connectivity index (χ4v) is 5.23. The lowest BCUT2D eigenvalue weighted by Crippen LogP contribution is -2.27. The minimum Gasteiger partial charge on any atom is -0.493 e. The first-order valence-electron chi connectivity index (χ1n) is 10.6. The molecule has 182 valence electrons. The van der Waals surface area contributed by atoms with E-state index in [1.165, 1.54) is 7.11 Å². The van der Waals surface area contributed by atoms with E-state index in [1.807, 2.05) is 36.4 Å². The number of anilines is 1. The van der Waals surface area contributed by atoms with Gasteiger partial charge >= 0.3 is 0 Å². The summed E-state index contributed by atoms with van der Waals surface area (Å²) in [4.78, 5) is 4.82. The molecule has 1 atom stereocenters. The standard InChI is InChI=1S/C25H23Cl2N3O4S/c1-16-28-25(34-29-16)15-30(35(31)20-9-11-23(32-2)24(14-20)33-3)22-10-8-19(26)13-18(22)12-17-6-4-5-7-21(17)27/h4-11,13-14H,12,15H2,1-3H3. The van der Waals surface area contributed by atoms with Gasteiger partial charge in [-0.3, -0.25) is 4.31 Å². The van der Waals surface area contributed by atoms with Crippen molar-refractivity contribution in [1.29, 1.82) is 0 Å². The van der Waals surface area contributed by atoms with Crippen LogP contribution in [0.3, 0.4) is 0 Å². The summed E-state index contributed by atoms with van der Waals surface area (Å²) >= 11 is 12.8. The highest BCUT2D eigenvalue weighted by molar-refractivity contribution is 7.86. The maximum Gasteiger partial charge on any atom is 0.247 e. The van der Waals surface area contributed by atoms with Crippen LogP contribution in [0.1, 0.15) is 22.8 Å². The Kier molecular flexibility index (Phi) is 7.95. The van der Waals surface area contributed by atoms with Gasteiger partial charge in [0.25, 0.3) is 0 Å². The van der Waals surface area contributed by atoms with Crippen LogP contribution in [0.5, 0.6) is 11.5 Å². The average Bonchev–Trinajstić information content (AvgIpc) is 3.28. The van der Waals surface area contributed by atoms with Gasteiger partial charge in [0.05, 0.1) is 24.8 Å². The number of methoxy groups -OCH3 is 2. The molecular formula is C25H23Cl2N3O4S. The SMILES string of the molecule is COc1ccc(S(=O)N(Cc2nc(C)no2)c2ccc(Cl)cc2Cc2ccccc2Cl)cc1OC. The highest BCUT2D eigenvalue weighted by Crippen LogP contribution is 2.34. The van der Waals surface area contributed by atoms with Crippen molar-refractivity contribution in [2.45, 2.75) is 24.8 Å². The molecule has 1 heterocycles. The van der Waals surface area contributed by atoms with Gasteiger partial charge in [-0.15, -0.1) is 0 Å². The van der Waals surface area contributed by atoms with E-state index >= 15 is 0 Å². The monoisotopic (exact) mass is 531 g/mol. The second kappa shape index (κ2) is 11.1. The highest BCUT2D eigenvalue weighted by Gasteiger charge is 2.24. The maximum absolute atomic E-state index is 14.0. The topological polar surface area (TPSA) is 77.7 Å². The van der Waals surface area contributed by atoms with Crippen molar-refractivity contribution in [3.05, 3.63) is 93.6 Å². The summed E-state index contributed by atoms with van der Waals surface area (Å²) in [5.74, 6) is 1.83. The summed E-state index contributed by atoms with van der Waals surface area (Å²) in [6, 6.07) is 18.1. The fourth-order valence-electron chi connectivity index (χ4n) is 3.60. The molecule has 1 unspecified atom stereocenters. The van der Waals surface area contributed by atoms with E-state index in [0.29, 0.717) is 50.3 Å². The predicted octanol–water partition coefficient (Wildman–Crippen LogP) is 6.02. The smallest absolute Gasteiger partial charge is 0.247 e. The van der Waals surface area contributed by atoms with Crippen LogP contribution in [0.2, 0.25) is 10.0 Å². The minimum atomic E-state index is -1.67. The molecule has 10 heteroatoms. The molecule has 4 rings (SSSR count). The number of aromatic nitrogens is 2. The number of benzene rings is 3. The lowest BCUT2D eigenvalue weighted by molar-refractivity contribution is 0.354. The summed E-state index contributed by atoms with van der Waals surface area (Å²) < 4.78 is 31.8. The zero-order chi connectivity index (χ0) is 24.9. The third kappa shape index (κ3) is 5.78. The van der Waals surface area contributed by atoms with Crippen LogP contribution < -0.4 is 13.8 Å². The molecule has 0 fully saturated rings. The van der Waals surface area contributed by atoms with Gasteiger partial charge in [0, 0.05) is 22.5 Å². The van der Waals surface area contributed by atoms with Crippen LogP contribution in [0.25, 0.3) is 0 Å². The molecule has 0 radical (unpaired) electrons. The number of hydrogen-bond donors (Lipinski definition) is 0. The second-order valence-electron chi connectivity index (χ2n) is 7.58. The molecule has 0 saturated heterocycles. The van der Waals surface area contributed by atoms with Crippen molar-refractivity contribution < 1.29 is 18.2 Å². The van der Waals surface area contributed by atoms with Gasteiger partial charge in [0.15, 0.2) is 28.3 Å². The molecule has 0 spiro atoms. The summed E-state index contributed by atoms with van der Waals surface area (Å²) in [5.41, 5.74) is 2.46. The molecule has 0 aliphatic heterocycles. The van der Waals surface area contributed by atoms with Gasteiger partial charge < -0.3 is 14.0 Å². The Balaban J connectivity index is 1.80. The highest BCUT2D eigenvalue weighted by atomic mass is 35.5. The van der Waals surface area contributed by atoms with E-state index in [1.54, 1.807) is 42.6 Å². The van der Waals surface area contributed by atoms with Crippen molar-refractivity contribution in [3.63, 3.8) is 0 Å². The molecule has 0 N–H and O–H groups in total. The van der Waals surface area contributed by atoms with Crippen molar-refractivity contribution in [2.24, 2.45) is 0 Å². The van der Waals surface area contributed by atoms with Gasteiger partial charge in [-0.2, -0.15) is 4.98 Å². The van der Waals surface area contributed by atoms with Crippen LogP contribution in [0.15, 0.2) is 70.1 Å². The molecule has 0 saturated carbocycles. The number of hydrogen-bond acceptors (Lipinski definition) is 6. The first-order valence-corrected chi connectivity index (χ1v) is 12.5. The molecule has 7 nitrogen and oxygen atoms in total. The Morgan fingerprint density at radius 3 is 2.43 bits per heavy atom. The average molecular weight is 532 g/mol. The first kappa shape index (κ1) is 25.0. The van der Waals surface area contributed by atoms with Crippen molar-refractivity contribution >= 4 is 39.9 Å². The van der Waals surface area contributed by atoms with Gasteiger partial charge in [-0.25, -0.2) is 4.21 Å². The summed E-state index contributed by atoms with van der Waals surface area (Å²) in [5, 5.41) is 5.07. The molecule has 4 aromatic rings. The van der Waals surface area contributed by atoms with Crippen molar-refractivity contribution in [3.8, 4) is 11.5 Å². The molecule has 3 aromatic carbocycles. The van der Waals surface area contributed by atoms with Crippen LogP contribution >= 0.6 is 23.2 Å². The largest absolute Gasteiger partial charge is 0.493 e. The maximum atomic E-state index is 14.0. The molecule has 1 aromatic heterocycles. The Hall–Kier alpha value is -3.07. The summed E-state index contributed by atoms with van der Waals surface area (Å²) in [7, 11) is 1.41. The Morgan fingerprint density at radius 1 is 0.971 bits per heavy atom. The van der Waals surface area contributed by atoms with Crippen LogP contribution in [-0.2, 0) is 24.0 Å². The van der Waals surface area contributed by atoms with Gasteiger partial charge in [-0.1, -0.05) is 46.6 Å². The molecular weight excluding hydrogens is 509 g/mol. The molecule has 0 aliphatic carbocycles. The van der Waals surface area contributed by atoms with Gasteiger partial charge in [0.1, 0.15) is 6.54 Å². The predicted molar refractivity (Wildman–Crippen MR) is 137 cm³/mol. The Morgan fingerprint density at radius 2 is 1.74 bits per heavy atom. The van der Waals surface area contributed by atoms with E-state index in [2.05, 4.69) is 10.1 Å². The third-order valence-corrected chi connectivity index (χ3v) is 7.24. The van der Waals surface area contributed by atoms with Crippen molar-refractivity contribution in [1.82, 2.24) is 10.1 Å². The molecule has 0 aliphatic rings. The number of ether oxygens (including phenoxy) is 2. The van der Waals surface area contributed by atoms with Gasteiger partial charge in [-0.05, 0) is 54.4 Å². The lowest BCUT2D eigenvalue weighted by Gasteiger charge is -2.25. The zero-order valence-electron chi connectivity index (χ0n) is 19.3. The number of halogens is 2. The zero-order valence-corrected chi connectivity index (χ0v) is 21.7. The van der Waals surface area contributed by atoms with Crippen LogP contribution in [-0.4, -0.2) is 28.6 Å². The third-order valence-electron chi connectivity index (χ3n) is 5.25. The minimum absolute atomic E-state index is 0.110. The normalized spacial score (nSPS) is 11.8. The number of rotatable bonds is 9. The molecule has 0 amide bonds. The Bertz CT molecular complexity index is 1360. The van der Waals surface area contributed by atoms with E-state index < -0.39 is 11.0 Å². The summed E-state index contributed by atoms with van der Waals surface area (Å²) in [6.45, 7) is 1.84. The van der Waals surface area contributed by atoms with Crippen molar-refractivity contribution in [2.75, 3.05) is 18.5 Å². The van der Waals surface area contributed by atoms with E-state index in [4.69, 9.17) is 37.2 Å². The molecule has 0 bridgehead atoms.